The molecule has 128 valence electrons. The fourth-order valence-electron chi connectivity index (χ4n) is 5.16. The van der Waals surface area contributed by atoms with Crippen molar-refractivity contribution in [1.29, 1.82) is 0 Å². The third-order valence-corrected chi connectivity index (χ3v) is 6.20. The molecule has 2 aliphatic rings. The number of aromatic nitrogens is 2. The maximum atomic E-state index is 2.48. The number of benzene rings is 2. The maximum absolute atomic E-state index is 2.48. The molecule has 0 radical (unpaired) electrons. The van der Waals surface area contributed by atoms with Crippen molar-refractivity contribution < 1.29 is 9.13 Å². The molecule has 4 aromatic rings. The second-order valence-corrected chi connectivity index (χ2v) is 7.56. The number of nitrogens with zero attached hydrogens (tertiary/aromatic N) is 2. The van der Waals surface area contributed by atoms with Crippen molar-refractivity contribution in [1.82, 2.24) is 0 Å². The SMILES string of the molecule is Cc1cccc2c1-c1cccc[n+]1C1(C2)c2ccccc2-c2cccc[n+]21. The molecule has 0 aliphatic carbocycles. The fourth-order valence-corrected chi connectivity index (χ4v) is 5.16. The molecular weight excluding hydrogens is 328 g/mol. The predicted octanol–water partition coefficient (Wildman–Crippen LogP) is 4.02. The first kappa shape index (κ1) is 14.9. The molecule has 0 bridgehead atoms. The number of rotatable bonds is 0. The predicted molar refractivity (Wildman–Crippen MR) is 105 cm³/mol. The molecule has 2 nitrogen and oxygen atoms in total. The van der Waals surface area contributed by atoms with E-state index < -0.39 is 0 Å². The van der Waals surface area contributed by atoms with Gasteiger partial charge in [-0.05, 0) is 42.3 Å². The fraction of sp³-hybridized carbons (Fsp3) is 0.120. The van der Waals surface area contributed by atoms with Gasteiger partial charge in [0.2, 0.25) is 11.4 Å². The van der Waals surface area contributed by atoms with Gasteiger partial charge in [-0.3, -0.25) is 0 Å². The molecule has 0 N–H and O–H groups in total. The normalized spacial score (nSPS) is 18.6. The van der Waals surface area contributed by atoms with Crippen LogP contribution in [-0.2, 0) is 12.1 Å². The first-order valence-corrected chi connectivity index (χ1v) is 9.52. The molecule has 2 aromatic carbocycles. The lowest BCUT2D eigenvalue weighted by atomic mass is 9.82. The Morgan fingerprint density at radius 1 is 0.704 bits per heavy atom. The van der Waals surface area contributed by atoms with E-state index in [1.54, 1.807) is 0 Å². The van der Waals surface area contributed by atoms with Crippen molar-refractivity contribution in [3.8, 4) is 22.5 Å². The van der Waals surface area contributed by atoms with Crippen molar-refractivity contribution in [2.75, 3.05) is 0 Å². The summed E-state index contributed by atoms with van der Waals surface area (Å²) in [7, 11) is 0. The Hall–Kier alpha value is -3.26. The molecule has 2 aromatic heterocycles. The van der Waals surface area contributed by atoms with Crippen LogP contribution >= 0.6 is 0 Å². The Morgan fingerprint density at radius 3 is 2.26 bits per heavy atom. The topological polar surface area (TPSA) is 7.76 Å². The summed E-state index contributed by atoms with van der Waals surface area (Å²) in [5, 5.41) is 0. The van der Waals surface area contributed by atoms with Crippen LogP contribution in [0.1, 0.15) is 16.7 Å². The van der Waals surface area contributed by atoms with Crippen molar-refractivity contribution >= 4 is 0 Å². The Kier molecular flexibility index (Phi) is 2.83. The summed E-state index contributed by atoms with van der Waals surface area (Å²) in [6, 6.07) is 28.7. The van der Waals surface area contributed by atoms with Gasteiger partial charge >= 0.3 is 5.66 Å². The first-order chi connectivity index (χ1) is 13.3. The van der Waals surface area contributed by atoms with E-state index >= 15 is 0 Å². The third-order valence-electron chi connectivity index (χ3n) is 6.20. The van der Waals surface area contributed by atoms with Gasteiger partial charge in [-0.2, -0.15) is 0 Å². The highest BCUT2D eigenvalue weighted by Crippen LogP contribution is 2.42. The minimum atomic E-state index is -0.259. The summed E-state index contributed by atoms with van der Waals surface area (Å²) in [4.78, 5) is 0. The number of hydrogen-bond acceptors (Lipinski definition) is 0. The maximum Gasteiger partial charge on any atom is 0.393 e. The largest absolute Gasteiger partial charge is 0.393 e. The molecule has 6 rings (SSSR count). The van der Waals surface area contributed by atoms with Gasteiger partial charge in [0.05, 0.1) is 11.1 Å². The number of pyridine rings is 2. The van der Waals surface area contributed by atoms with Gasteiger partial charge in [-0.1, -0.05) is 30.3 Å². The molecule has 0 fully saturated rings. The highest BCUT2D eigenvalue weighted by atomic mass is 15.3. The van der Waals surface area contributed by atoms with E-state index in [1.165, 1.54) is 39.2 Å². The van der Waals surface area contributed by atoms with Crippen LogP contribution in [0.5, 0.6) is 0 Å². The van der Waals surface area contributed by atoms with Gasteiger partial charge in [-0.15, -0.1) is 9.13 Å². The van der Waals surface area contributed by atoms with Gasteiger partial charge in [0.1, 0.15) is 12.0 Å². The first-order valence-electron chi connectivity index (χ1n) is 9.52. The van der Waals surface area contributed by atoms with E-state index in [0.717, 1.165) is 6.42 Å². The molecule has 1 spiro atoms. The van der Waals surface area contributed by atoms with Gasteiger partial charge < -0.3 is 0 Å². The second-order valence-electron chi connectivity index (χ2n) is 7.56. The van der Waals surface area contributed by atoms with Crippen LogP contribution in [0.25, 0.3) is 22.5 Å². The average molecular weight is 348 g/mol. The molecule has 4 heterocycles. The van der Waals surface area contributed by atoms with Crippen molar-refractivity contribution in [3.05, 3.63) is 108 Å². The summed E-state index contributed by atoms with van der Waals surface area (Å²) >= 11 is 0. The van der Waals surface area contributed by atoms with E-state index in [9.17, 15) is 0 Å². The van der Waals surface area contributed by atoms with Gasteiger partial charge in [0.25, 0.3) is 0 Å². The Bertz CT molecular complexity index is 1180. The average Bonchev–Trinajstić information content (AvgIpc) is 2.99. The molecule has 0 saturated heterocycles. The van der Waals surface area contributed by atoms with E-state index in [0.29, 0.717) is 0 Å². The van der Waals surface area contributed by atoms with Crippen LogP contribution in [0, 0.1) is 6.92 Å². The highest BCUT2D eigenvalue weighted by molar-refractivity contribution is 5.70. The smallest absolute Gasteiger partial charge is 0.130 e. The number of hydrogen-bond donors (Lipinski definition) is 0. The monoisotopic (exact) mass is 348 g/mol. The highest BCUT2D eigenvalue weighted by Gasteiger charge is 2.62. The van der Waals surface area contributed by atoms with E-state index in [1.807, 2.05) is 0 Å². The van der Waals surface area contributed by atoms with Crippen LogP contribution in [0.3, 0.4) is 0 Å². The van der Waals surface area contributed by atoms with Gasteiger partial charge in [-0.25, -0.2) is 0 Å². The summed E-state index contributed by atoms with van der Waals surface area (Å²) < 4.78 is 4.95. The Morgan fingerprint density at radius 2 is 1.41 bits per heavy atom. The molecule has 0 saturated carbocycles. The van der Waals surface area contributed by atoms with Crippen LogP contribution in [0.2, 0.25) is 0 Å². The zero-order chi connectivity index (χ0) is 18.0. The van der Waals surface area contributed by atoms with E-state index in [4.69, 9.17) is 0 Å². The number of fused-ring (bicyclic) bond motifs is 9. The molecular formula is C25H20N2+2. The number of aryl methyl sites for hydroxylation is 1. The lowest BCUT2D eigenvalue weighted by Gasteiger charge is -2.28. The lowest BCUT2D eigenvalue weighted by Crippen LogP contribution is -2.75. The van der Waals surface area contributed by atoms with Crippen LogP contribution in [0.4, 0.5) is 0 Å². The Labute approximate surface area is 159 Å². The molecule has 27 heavy (non-hydrogen) atoms. The minimum absolute atomic E-state index is 0.259. The van der Waals surface area contributed by atoms with Crippen LogP contribution in [0.15, 0.2) is 91.3 Å². The summed E-state index contributed by atoms with van der Waals surface area (Å²) in [6.07, 6.45) is 5.43. The second kappa shape index (κ2) is 5.14. The van der Waals surface area contributed by atoms with Crippen LogP contribution < -0.4 is 9.13 Å². The van der Waals surface area contributed by atoms with Crippen molar-refractivity contribution in [2.45, 2.75) is 19.0 Å². The van der Waals surface area contributed by atoms with E-state index in [2.05, 4.69) is 107 Å². The zero-order valence-corrected chi connectivity index (χ0v) is 15.3. The minimum Gasteiger partial charge on any atom is -0.130 e. The van der Waals surface area contributed by atoms with Crippen molar-refractivity contribution in [3.63, 3.8) is 0 Å². The summed E-state index contributed by atoms with van der Waals surface area (Å²) in [5.41, 5.74) is 9.16. The summed E-state index contributed by atoms with van der Waals surface area (Å²) in [5.74, 6) is 0. The van der Waals surface area contributed by atoms with Crippen molar-refractivity contribution in [2.24, 2.45) is 0 Å². The molecule has 1 unspecified atom stereocenters. The molecule has 0 amide bonds. The van der Waals surface area contributed by atoms with Gasteiger partial charge in [0.15, 0.2) is 12.4 Å². The quantitative estimate of drug-likeness (QED) is 0.424. The zero-order valence-electron chi connectivity index (χ0n) is 15.3. The van der Waals surface area contributed by atoms with Gasteiger partial charge in [0, 0.05) is 24.3 Å². The standard InChI is InChI=1S/C25H20N2/c1-18-9-8-10-19-17-25(27-16-7-5-14-23(27)24(18)19)21-12-3-2-11-20(21)22-13-4-6-15-26(22)25/h2-16H,17H2,1H3/q+2. The van der Waals surface area contributed by atoms with E-state index in [-0.39, 0.29) is 5.66 Å². The molecule has 2 aliphatic heterocycles. The van der Waals surface area contributed by atoms with Crippen LogP contribution in [-0.4, -0.2) is 0 Å². The third kappa shape index (κ3) is 1.75. The molecule has 2 heteroatoms. The Balaban J connectivity index is 1.79. The molecule has 1 atom stereocenters. The summed E-state index contributed by atoms with van der Waals surface area (Å²) in [6.45, 7) is 2.22. The lowest BCUT2D eigenvalue weighted by molar-refractivity contribution is -0.971.